The van der Waals surface area contributed by atoms with Crippen LogP contribution in [0, 0.1) is 3.57 Å². The SMILES string of the molecule is COc1ccc(Cc2nnc(SCC(=O)Nc3ccc(I)cc3)o2)cc1OC. The third-order valence-corrected chi connectivity index (χ3v) is 5.24. The highest BCUT2D eigenvalue weighted by Crippen LogP contribution is 2.28. The first-order chi connectivity index (χ1) is 13.6. The molecule has 0 aliphatic heterocycles. The Morgan fingerprint density at radius 1 is 1.11 bits per heavy atom. The number of nitrogens with zero attached hydrogens (tertiary/aromatic N) is 2. The van der Waals surface area contributed by atoms with Crippen molar-refractivity contribution in [3.63, 3.8) is 0 Å². The number of halogens is 1. The number of thioether (sulfide) groups is 1. The van der Waals surface area contributed by atoms with Crippen LogP contribution in [0.1, 0.15) is 11.5 Å². The normalized spacial score (nSPS) is 10.5. The molecule has 1 N–H and O–H groups in total. The van der Waals surface area contributed by atoms with Gasteiger partial charge in [-0.1, -0.05) is 17.8 Å². The first kappa shape index (κ1) is 20.5. The van der Waals surface area contributed by atoms with Gasteiger partial charge in [0, 0.05) is 9.26 Å². The summed E-state index contributed by atoms with van der Waals surface area (Å²) in [7, 11) is 3.18. The van der Waals surface area contributed by atoms with Crippen molar-refractivity contribution in [3.05, 3.63) is 57.5 Å². The van der Waals surface area contributed by atoms with E-state index in [0.717, 1.165) is 14.8 Å². The molecule has 2 aromatic carbocycles. The molecule has 1 aromatic heterocycles. The van der Waals surface area contributed by atoms with Gasteiger partial charge in [-0.25, -0.2) is 0 Å². The second-order valence-electron chi connectivity index (χ2n) is 5.67. The predicted molar refractivity (Wildman–Crippen MR) is 115 cm³/mol. The number of hydrogen-bond donors (Lipinski definition) is 1. The Morgan fingerprint density at radius 2 is 1.86 bits per heavy atom. The summed E-state index contributed by atoms with van der Waals surface area (Å²) in [5, 5.41) is 11.2. The zero-order valence-corrected chi connectivity index (χ0v) is 18.2. The van der Waals surface area contributed by atoms with E-state index in [9.17, 15) is 4.79 Å². The summed E-state index contributed by atoms with van der Waals surface area (Å²) in [6, 6.07) is 13.2. The summed E-state index contributed by atoms with van der Waals surface area (Å²) in [4.78, 5) is 12.1. The zero-order chi connectivity index (χ0) is 19.9. The molecule has 7 nitrogen and oxygen atoms in total. The molecule has 0 saturated heterocycles. The number of benzene rings is 2. The number of hydrogen-bond acceptors (Lipinski definition) is 7. The van der Waals surface area contributed by atoms with E-state index in [2.05, 4.69) is 38.1 Å². The Hall–Kier alpha value is -2.27. The molecule has 1 heterocycles. The molecule has 0 fully saturated rings. The van der Waals surface area contributed by atoms with Crippen molar-refractivity contribution in [1.82, 2.24) is 10.2 Å². The second kappa shape index (κ2) is 9.78. The van der Waals surface area contributed by atoms with Crippen molar-refractivity contribution in [2.75, 3.05) is 25.3 Å². The molecule has 0 aliphatic carbocycles. The summed E-state index contributed by atoms with van der Waals surface area (Å²) in [5.41, 5.74) is 1.71. The number of rotatable bonds is 8. The van der Waals surface area contributed by atoms with E-state index in [0.29, 0.717) is 29.0 Å². The molecule has 9 heteroatoms. The van der Waals surface area contributed by atoms with E-state index in [1.165, 1.54) is 11.8 Å². The second-order valence-corrected chi connectivity index (χ2v) is 7.84. The third-order valence-electron chi connectivity index (χ3n) is 3.71. The standard InChI is InChI=1S/C19H18IN3O4S/c1-25-15-8-3-12(9-16(15)26-2)10-18-22-23-19(27-18)28-11-17(24)21-14-6-4-13(20)5-7-14/h3-9H,10-11H2,1-2H3,(H,21,24). The van der Waals surface area contributed by atoms with Crippen molar-refractivity contribution in [3.8, 4) is 11.5 Å². The van der Waals surface area contributed by atoms with Gasteiger partial charge < -0.3 is 19.2 Å². The summed E-state index contributed by atoms with van der Waals surface area (Å²) < 4.78 is 17.3. The van der Waals surface area contributed by atoms with Crippen LogP contribution in [0.4, 0.5) is 5.69 Å². The number of nitrogens with one attached hydrogen (secondary N) is 1. The van der Waals surface area contributed by atoms with Crippen LogP contribution >= 0.6 is 34.4 Å². The monoisotopic (exact) mass is 511 g/mol. The fourth-order valence-electron chi connectivity index (χ4n) is 2.39. The first-order valence-electron chi connectivity index (χ1n) is 8.29. The van der Waals surface area contributed by atoms with Gasteiger partial charge in [-0.15, -0.1) is 10.2 Å². The van der Waals surface area contributed by atoms with Crippen LogP contribution in [0.3, 0.4) is 0 Å². The lowest BCUT2D eigenvalue weighted by Crippen LogP contribution is -2.13. The van der Waals surface area contributed by atoms with E-state index in [1.807, 2.05) is 42.5 Å². The van der Waals surface area contributed by atoms with Crippen LogP contribution in [-0.4, -0.2) is 36.1 Å². The molecular weight excluding hydrogens is 493 g/mol. The number of aromatic nitrogens is 2. The van der Waals surface area contributed by atoms with Crippen LogP contribution in [0.15, 0.2) is 52.1 Å². The molecule has 0 bridgehead atoms. The first-order valence-corrected chi connectivity index (χ1v) is 10.4. The largest absolute Gasteiger partial charge is 0.493 e. The predicted octanol–water partition coefficient (Wildman–Crippen LogP) is 4.01. The summed E-state index contributed by atoms with van der Waals surface area (Å²) in [6.07, 6.45) is 0.461. The van der Waals surface area contributed by atoms with Crippen LogP contribution in [-0.2, 0) is 11.2 Å². The van der Waals surface area contributed by atoms with E-state index in [-0.39, 0.29) is 11.7 Å². The van der Waals surface area contributed by atoms with Gasteiger partial charge in [0.15, 0.2) is 11.5 Å². The number of ether oxygens (including phenoxy) is 2. The molecule has 146 valence electrons. The highest BCUT2D eigenvalue weighted by Gasteiger charge is 2.12. The summed E-state index contributed by atoms with van der Waals surface area (Å²) in [5.74, 6) is 1.82. The van der Waals surface area contributed by atoms with Crippen molar-refractivity contribution >= 4 is 45.9 Å². The van der Waals surface area contributed by atoms with Gasteiger partial charge in [0.1, 0.15) is 0 Å². The number of methoxy groups -OCH3 is 2. The molecule has 0 radical (unpaired) electrons. The average Bonchev–Trinajstić information content (AvgIpc) is 3.15. The van der Waals surface area contributed by atoms with Crippen LogP contribution in [0.5, 0.6) is 11.5 Å². The van der Waals surface area contributed by atoms with Crippen molar-refractivity contribution < 1.29 is 18.7 Å². The number of amides is 1. The molecular formula is C19H18IN3O4S. The van der Waals surface area contributed by atoms with Crippen molar-refractivity contribution in [2.45, 2.75) is 11.6 Å². The number of carbonyl (C=O) groups excluding carboxylic acids is 1. The lowest BCUT2D eigenvalue weighted by molar-refractivity contribution is -0.113. The van der Waals surface area contributed by atoms with Crippen molar-refractivity contribution in [1.29, 1.82) is 0 Å². The van der Waals surface area contributed by atoms with Gasteiger partial charge in [-0.3, -0.25) is 4.79 Å². The topological polar surface area (TPSA) is 86.5 Å². The van der Waals surface area contributed by atoms with Crippen LogP contribution in [0.25, 0.3) is 0 Å². The molecule has 3 aromatic rings. The van der Waals surface area contributed by atoms with E-state index >= 15 is 0 Å². The Labute approximate surface area is 180 Å². The molecule has 0 saturated carbocycles. The highest BCUT2D eigenvalue weighted by atomic mass is 127. The molecule has 0 spiro atoms. The maximum atomic E-state index is 12.1. The summed E-state index contributed by atoms with van der Waals surface area (Å²) >= 11 is 3.41. The smallest absolute Gasteiger partial charge is 0.277 e. The maximum Gasteiger partial charge on any atom is 0.277 e. The van der Waals surface area contributed by atoms with Crippen molar-refractivity contribution in [2.24, 2.45) is 0 Å². The van der Waals surface area contributed by atoms with E-state index < -0.39 is 0 Å². The van der Waals surface area contributed by atoms with Gasteiger partial charge in [0.05, 0.1) is 26.4 Å². The molecule has 3 rings (SSSR count). The fourth-order valence-corrected chi connectivity index (χ4v) is 3.33. The fraction of sp³-hybridized carbons (Fsp3) is 0.211. The molecule has 0 atom stereocenters. The van der Waals surface area contributed by atoms with Gasteiger partial charge in [0.2, 0.25) is 11.8 Å². The van der Waals surface area contributed by atoms with Gasteiger partial charge in [0.25, 0.3) is 5.22 Å². The number of carbonyl (C=O) groups is 1. The minimum Gasteiger partial charge on any atom is -0.493 e. The molecule has 0 unspecified atom stereocenters. The maximum absolute atomic E-state index is 12.1. The quantitative estimate of drug-likeness (QED) is 0.361. The average molecular weight is 511 g/mol. The van der Waals surface area contributed by atoms with E-state index in [4.69, 9.17) is 13.9 Å². The lowest BCUT2D eigenvalue weighted by Gasteiger charge is -2.08. The number of anilines is 1. The molecule has 28 heavy (non-hydrogen) atoms. The van der Waals surface area contributed by atoms with Gasteiger partial charge in [-0.2, -0.15) is 0 Å². The Kier molecular flexibility index (Phi) is 7.15. The van der Waals surface area contributed by atoms with Crippen LogP contribution in [0.2, 0.25) is 0 Å². The minimum absolute atomic E-state index is 0.133. The minimum atomic E-state index is -0.133. The molecule has 0 aliphatic rings. The Morgan fingerprint density at radius 3 is 2.57 bits per heavy atom. The summed E-state index contributed by atoms with van der Waals surface area (Å²) in [6.45, 7) is 0. The van der Waals surface area contributed by atoms with Gasteiger partial charge in [-0.05, 0) is 64.6 Å². The highest BCUT2D eigenvalue weighted by molar-refractivity contribution is 14.1. The lowest BCUT2D eigenvalue weighted by atomic mass is 10.1. The van der Waals surface area contributed by atoms with Crippen LogP contribution < -0.4 is 14.8 Å². The third kappa shape index (κ3) is 5.61. The zero-order valence-electron chi connectivity index (χ0n) is 15.3. The molecule has 1 amide bonds. The van der Waals surface area contributed by atoms with E-state index in [1.54, 1.807) is 14.2 Å². The Balaban J connectivity index is 1.54. The Bertz CT molecular complexity index is 947. The van der Waals surface area contributed by atoms with Gasteiger partial charge >= 0.3 is 0 Å².